The summed E-state index contributed by atoms with van der Waals surface area (Å²) >= 11 is 2.44. The van der Waals surface area contributed by atoms with Gasteiger partial charge in [-0.1, -0.05) is 52.9 Å². The minimum atomic E-state index is -0.214. The smallest absolute Gasteiger partial charge is 0.267 e. The van der Waals surface area contributed by atoms with Crippen molar-refractivity contribution in [2.45, 2.75) is 15.8 Å². The van der Waals surface area contributed by atoms with Gasteiger partial charge in [0, 0.05) is 14.9 Å². The van der Waals surface area contributed by atoms with Crippen LogP contribution in [0.4, 0.5) is 0 Å². The van der Waals surface area contributed by atoms with Crippen molar-refractivity contribution >= 4 is 40.8 Å². The number of halogens is 1. The van der Waals surface area contributed by atoms with Crippen molar-refractivity contribution in [3.63, 3.8) is 0 Å². The standard InChI is InChI=1S/C13H10INO/c1-15-12(16)10-6-13(14)7-11(13)9-5-3-2-4-8(9)10/h2-6,11H,1,7H2. The van der Waals surface area contributed by atoms with E-state index in [1.165, 1.54) is 5.56 Å². The molecule has 0 heterocycles. The van der Waals surface area contributed by atoms with Gasteiger partial charge >= 0.3 is 0 Å². The highest BCUT2D eigenvalue weighted by Gasteiger charge is 2.55. The molecule has 2 atom stereocenters. The highest BCUT2D eigenvalue weighted by molar-refractivity contribution is 14.1. The number of allylic oxidation sites excluding steroid dienone is 1. The van der Waals surface area contributed by atoms with Crippen LogP contribution in [0.3, 0.4) is 0 Å². The van der Waals surface area contributed by atoms with E-state index in [2.05, 4.69) is 46.4 Å². The lowest BCUT2D eigenvalue weighted by atomic mass is 9.90. The average Bonchev–Trinajstić information content (AvgIpc) is 2.99. The van der Waals surface area contributed by atoms with E-state index < -0.39 is 0 Å². The molecule has 0 saturated heterocycles. The van der Waals surface area contributed by atoms with Gasteiger partial charge in [-0.2, -0.15) is 0 Å². The molecule has 2 nitrogen and oxygen atoms in total. The lowest BCUT2D eigenvalue weighted by Crippen LogP contribution is -2.11. The number of carbonyl (C=O) groups is 1. The molecular formula is C13H10INO. The number of alkyl halides is 1. The van der Waals surface area contributed by atoms with Crippen LogP contribution in [-0.4, -0.2) is 16.0 Å². The van der Waals surface area contributed by atoms with E-state index in [0.29, 0.717) is 11.5 Å². The normalized spacial score (nSPS) is 29.8. The molecule has 1 aromatic carbocycles. The molecule has 0 spiro atoms. The predicted molar refractivity (Wildman–Crippen MR) is 73.1 cm³/mol. The predicted octanol–water partition coefficient (Wildman–Crippen LogP) is 2.97. The Morgan fingerprint density at radius 2 is 2.25 bits per heavy atom. The molecule has 2 aliphatic rings. The first kappa shape index (κ1) is 10.2. The van der Waals surface area contributed by atoms with Gasteiger partial charge in [0.1, 0.15) is 0 Å². The highest BCUT2D eigenvalue weighted by atomic mass is 127. The monoisotopic (exact) mass is 323 g/mol. The second-order valence-electron chi connectivity index (χ2n) is 4.29. The van der Waals surface area contributed by atoms with E-state index in [9.17, 15) is 4.79 Å². The maximum absolute atomic E-state index is 11.7. The van der Waals surface area contributed by atoms with Crippen molar-refractivity contribution in [3.8, 4) is 0 Å². The fourth-order valence-corrected chi connectivity index (χ4v) is 3.50. The second kappa shape index (κ2) is 3.26. The lowest BCUT2D eigenvalue weighted by Gasteiger charge is -2.18. The summed E-state index contributed by atoms with van der Waals surface area (Å²) in [5.74, 6) is 0.361. The summed E-state index contributed by atoms with van der Waals surface area (Å²) in [4.78, 5) is 15.3. The number of benzene rings is 1. The summed E-state index contributed by atoms with van der Waals surface area (Å²) in [6.45, 7) is 3.33. The summed E-state index contributed by atoms with van der Waals surface area (Å²) < 4.78 is 0.141. The number of aliphatic imine (C=N–C) groups is 1. The van der Waals surface area contributed by atoms with Crippen LogP contribution < -0.4 is 0 Å². The summed E-state index contributed by atoms with van der Waals surface area (Å²) in [7, 11) is 0. The third kappa shape index (κ3) is 1.30. The van der Waals surface area contributed by atoms with E-state index in [-0.39, 0.29) is 9.33 Å². The minimum Gasteiger partial charge on any atom is -0.267 e. The molecule has 3 rings (SSSR count). The van der Waals surface area contributed by atoms with Gasteiger partial charge in [-0.25, -0.2) is 4.99 Å². The average molecular weight is 323 g/mol. The molecule has 2 unspecified atom stereocenters. The molecule has 1 fully saturated rings. The van der Waals surface area contributed by atoms with E-state index in [0.717, 1.165) is 12.0 Å². The van der Waals surface area contributed by atoms with E-state index in [1.54, 1.807) is 0 Å². The van der Waals surface area contributed by atoms with Crippen LogP contribution in [0.25, 0.3) is 5.57 Å². The summed E-state index contributed by atoms with van der Waals surface area (Å²) in [5, 5.41) is 0. The van der Waals surface area contributed by atoms with Gasteiger partial charge in [-0.05, 0) is 24.3 Å². The van der Waals surface area contributed by atoms with Gasteiger partial charge < -0.3 is 0 Å². The van der Waals surface area contributed by atoms with Crippen molar-refractivity contribution in [2.24, 2.45) is 4.99 Å². The van der Waals surface area contributed by atoms with Gasteiger partial charge in [0.25, 0.3) is 5.91 Å². The molecule has 0 radical (unpaired) electrons. The maximum atomic E-state index is 11.7. The summed E-state index contributed by atoms with van der Waals surface area (Å²) in [6, 6.07) is 8.11. The van der Waals surface area contributed by atoms with Gasteiger partial charge in [-0.15, -0.1) is 0 Å². The molecule has 16 heavy (non-hydrogen) atoms. The molecule has 1 aromatic rings. The van der Waals surface area contributed by atoms with Crippen LogP contribution in [0.2, 0.25) is 0 Å². The summed E-state index contributed by atoms with van der Waals surface area (Å²) in [5.41, 5.74) is 3.04. The molecule has 3 heteroatoms. The molecule has 2 aliphatic carbocycles. The van der Waals surface area contributed by atoms with Crippen molar-refractivity contribution in [1.82, 2.24) is 0 Å². The first-order valence-corrected chi connectivity index (χ1v) is 6.26. The fourth-order valence-electron chi connectivity index (χ4n) is 2.41. The van der Waals surface area contributed by atoms with Gasteiger partial charge in [-0.3, -0.25) is 4.79 Å². The zero-order valence-electron chi connectivity index (χ0n) is 8.61. The Morgan fingerprint density at radius 3 is 3.00 bits per heavy atom. The second-order valence-corrected chi connectivity index (χ2v) is 6.30. The van der Waals surface area contributed by atoms with E-state index in [4.69, 9.17) is 0 Å². The number of carbonyl (C=O) groups excluding carboxylic acids is 1. The zero-order chi connectivity index (χ0) is 11.3. The Hall–Kier alpha value is -0.970. The Bertz CT molecular complexity index is 534. The van der Waals surface area contributed by atoms with Crippen LogP contribution in [-0.2, 0) is 4.79 Å². The van der Waals surface area contributed by atoms with Crippen LogP contribution in [0.1, 0.15) is 23.5 Å². The third-order valence-electron chi connectivity index (χ3n) is 3.32. The first-order valence-electron chi connectivity index (χ1n) is 5.18. The number of nitrogens with zero attached hydrogens (tertiary/aromatic N) is 1. The number of rotatable bonds is 1. The molecule has 0 bridgehead atoms. The highest BCUT2D eigenvalue weighted by Crippen LogP contribution is 2.63. The number of amides is 1. The molecular weight excluding hydrogens is 313 g/mol. The number of hydrogen-bond donors (Lipinski definition) is 0. The van der Waals surface area contributed by atoms with E-state index >= 15 is 0 Å². The maximum Gasteiger partial charge on any atom is 0.276 e. The molecule has 1 amide bonds. The van der Waals surface area contributed by atoms with E-state index in [1.807, 2.05) is 18.2 Å². The van der Waals surface area contributed by atoms with Crippen LogP contribution in [0.15, 0.2) is 35.3 Å². The fraction of sp³-hybridized carbons (Fsp3) is 0.231. The molecule has 0 aromatic heterocycles. The Morgan fingerprint density at radius 1 is 1.50 bits per heavy atom. The number of fused-ring (bicyclic) bond motifs is 3. The molecule has 1 saturated carbocycles. The SMILES string of the molecule is C=NC(=O)C1=CC2(I)CC2c2ccccc21. The van der Waals surface area contributed by atoms with Gasteiger partial charge in [0.05, 0.1) is 0 Å². The molecule has 0 aliphatic heterocycles. The van der Waals surface area contributed by atoms with Crippen molar-refractivity contribution in [3.05, 3.63) is 41.5 Å². The van der Waals surface area contributed by atoms with Crippen molar-refractivity contribution in [1.29, 1.82) is 0 Å². The lowest BCUT2D eigenvalue weighted by molar-refractivity contribution is -0.112. The van der Waals surface area contributed by atoms with Gasteiger partial charge in [0.2, 0.25) is 0 Å². The van der Waals surface area contributed by atoms with Crippen LogP contribution in [0.5, 0.6) is 0 Å². The van der Waals surface area contributed by atoms with Crippen molar-refractivity contribution in [2.75, 3.05) is 0 Å². The van der Waals surface area contributed by atoms with Crippen LogP contribution >= 0.6 is 22.6 Å². The quantitative estimate of drug-likeness (QED) is 0.444. The Labute approximate surface area is 108 Å². The van der Waals surface area contributed by atoms with Crippen LogP contribution in [0, 0.1) is 0 Å². The largest absolute Gasteiger partial charge is 0.276 e. The summed E-state index contributed by atoms with van der Waals surface area (Å²) in [6.07, 6.45) is 3.19. The number of hydrogen-bond acceptors (Lipinski definition) is 1. The first-order chi connectivity index (χ1) is 7.65. The van der Waals surface area contributed by atoms with Gasteiger partial charge in [0.15, 0.2) is 0 Å². The van der Waals surface area contributed by atoms with Crippen molar-refractivity contribution < 1.29 is 4.79 Å². The zero-order valence-corrected chi connectivity index (χ0v) is 10.8. The molecule has 0 N–H and O–H groups in total. The molecule has 80 valence electrons. The Balaban J connectivity index is 2.21. The third-order valence-corrected chi connectivity index (χ3v) is 4.82. The topological polar surface area (TPSA) is 29.4 Å². The minimum absolute atomic E-state index is 0.141. The Kier molecular flexibility index (Phi) is 2.08.